The van der Waals surface area contributed by atoms with Gasteiger partial charge in [-0.05, 0) is 6.92 Å². The Balaban J connectivity index is 4.06. The van der Waals surface area contributed by atoms with Crippen molar-refractivity contribution in [1.29, 1.82) is 0 Å². The third-order valence-corrected chi connectivity index (χ3v) is 1.23. The molecule has 0 aliphatic heterocycles. The molecular formula is C6H14N3+. The van der Waals surface area contributed by atoms with Crippen molar-refractivity contribution in [3.05, 3.63) is 0 Å². The van der Waals surface area contributed by atoms with E-state index in [0.717, 1.165) is 11.4 Å². The van der Waals surface area contributed by atoms with Gasteiger partial charge in [0.2, 0.25) is 0 Å². The first-order valence-corrected chi connectivity index (χ1v) is 2.96. The summed E-state index contributed by atoms with van der Waals surface area (Å²) in [6.07, 6.45) is 0. The number of rotatable bonds is 2. The maximum absolute atomic E-state index is 5.58. The molecule has 0 aliphatic rings. The lowest BCUT2D eigenvalue weighted by Crippen LogP contribution is -2.47. The quantitative estimate of drug-likeness (QED) is 0.285. The van der Waals surface area contributed by atoms with Crippen LogP contribution < -0.4 is 11.3 Å². The van der Waals surface area contributed by atoms with Crippen LogP contribution in [0.5, 0.6) is 0 Å². The summed E-state index contributed by atoms with van der Waals surface area (Å²) in [4.78, 5) is 0. The molecule has 4 N–H and O–H groups in total. The van der Waals surface area contributed by atoms with E-state index in [1.54, 1.807) is 6.92 Å². The Kier molecular flexibility index (Phi) is 2.91. The summed E-state index contributed by atoms with van der Waals surface area (Å²) in [5.41, 5.74) is 1.49. The number of hydrazone groups is 1. The summed E-state index contributed by atoms with van der Waals surface area (Å²) < 4.78 is 0. The molecule has 3 nitrogen and oxygen atoms in total. The largest absolute Gasteiger partial charge is 0.323 e. The molecule has 0 aromatic heterocycles. The van der Waals surface area contributed by atoms with E-state index >= 15 is 0 Å². The Morgan fingerprint density at radius 2 is 2.00 bits per heavy atom. The fraction of sp³-hybridized carbons (Fsp3) is 0.667. The zero-order valence-electron chi connectivity index (χ0n) is 6.18. The minimum atomic E-state index is 0.331. The first-order chi connectivity index (χ1) is 4.09. The standard InChI is InChI=1S/C6H13N3/c1-4(2)6(7)5(3)9-8/h4,7H,8H2,1-3H3/p+1. The van der Waals surface area contributed by atoms with Gasteiger partial charge in [-0.1, -0.05) is 13.8 Å². The Hall–Kier alpha value is -0.860. The van der Waals surface area contributed by atoms with E-state index in [4.69, 9.17) is 11.3 Å². The normalized spacial score (nSPS) is 12.2. The van der Waals surface area contributed by atoms with Crippen LogP contribution in [0.2, 0.25) is 0 Å². The van der Waals surface area contributed by atoms with Crippen LogP contribution in [0.4, 0.5) is 0 Å². The van der Waals surface area contributed by atoms with Crippen molar-refractivity contribution in [1.82, 2.24) is 0 Å². The van der Waals surface area contributed by atoms with E-state index in [0.29, 0.717) is 5.92 Å². The van der Waals surface area contributed by atoms with Crippen LogP contribution in [0.1, 0.15) is 20.8 Å². The first-order valence-electron chi connectivity index (χ1n) is 2.96. The molecule has 0 aliphatic carbocycles. The zero-order valence-corrected chi connectivity index (χ0v) is 6.18. The lowest BCUT2D eigenvalue weighted by atomic mass is 10.1. The molecule has 0 unspecified atom stereocenters. The van der Waals surface area contributed by atoms with Gasteiger partial charge in [0.1, 0.15) is 5.71 Å². The van der Waals surface area contributed by atoms with Gasteiger partial charge in [-0.3, -0.25) is 5.41 Å². The average Bonchev–Trinajstić information content (AvgIpc) is 1.84. The molecule has 0 rings (SSSR count). The Bertz CT molecular complexity index is 135. The van der Waals surface area contributed by atoms with Crippen LogP contribution in [0, 0.1) is 5.92 Å². The molecule has 52 valence electrons. The molecule has 0 heterocycles. The second kappa shape index (κ2) is 3.22. The highest BCUT2D eigenvalue weighted by molar-refractivity contribution is 6.39. The Labute approximate surface area is 55.5 Å². The van der Waals surface area contributed by atoms with E-state index in [-0.39, 0.29) is 0 Å². The maximum Gasteiger partial charge on any atom is 0.198 e. The molecule has 0 saturated heterocycles. The van der Waals surface area contributed by atoms with E-state index < -0.39 is 0 Å². The molecule has 0 spiro atoms. The van der Waals surface area contributed by atoms with Gasteiger partial charge in [0.15, 0.2) is 5.71 Å². The number of nitrogens with two attached hydrogens (primary N) is 2. The molecule has 0 saturated carbocycles. The van der Waals surface area contributed by atoms with Gasteiger partial charge in [0.25, 0.3) is 0 Å². The van der Waals surface area contributed by atoms with Gasteiger partial charge in [-0.25, -0.2) is 0 Å². The Morgan fingerprint density at radius 1 is 1.56 bits per heavy atom. The summed E-state index contributed by atoms with van der Waals surface area (Å²) in [7, 11) is 0. The summed E-state index contributed by atoms with van der Waals surface area (Å²) in [5, 5.41) is 9.04. The molecule has 9 heavy (non-hydrogen) atoms. The smallest absolute Gasteiger partial charge is 0.198 e. The average molecular weight is 128 g/mol. The van der Waals surface area contributed by atoms with E-state index in [2.05, 4.69) is 5.10 Å². The topological polar surface area (TPSA) is 64.0 Å². The second-order valence-electron chi connectivity index (χ2n) is 2.32. The highest BCUT2D eigenvalue weighted by Crippen LogP contribution is 1.92. The minimum absolute atomic E-state index is 0.331. The molecule has 3 heteroatoms. The predicted molar refractivity (Wildman–Crippen MR) is 39.1 cm³/mol. The van der Waals surface area contributed by atoms with Crippen molar-refractivity contribution in [2.45, 2.75) is 20.8 Å². The lowest BCUT2D eigenvalue weighted by molar-refractivity contribution is -0.115. The van der Waals surface area contributed by atoms with Crippen molar-refractivity contribution in [2.24, 2.45) is 16.9 Å². The van der Waals surface area contributed by atoms with Gasteiger partial charge < -0.3 is 5.84 Å². The highest BCUT2D eigenvalue weighted by Gasteiger charge is 2.10. The third kappa shape index (κ3) is 2.26. The van der Waals surface area contributed by atoms with Crippen LogP contribution in [-0.4, -0.2) is 11.4 Å². The van der Waals surface area contributed by atoms with Crippen molar-refractivity contribution in [2.75, 3.05) is 0 Å². The maximum atomic E-state index is 5.58. The molecule has 0 atom stereocenters. The molecule has 0 aromatic rings. The summed E-state index contributed by atoms with van der Waals surface area (Å²) >= 11 is 0. The number of hydrogen-bond acceptors (Lipinski definition) is 2. The van der Waals surface area contributed by atoms with Crippen LogP contribution in [-0.2, 0) is 0 Å². The molecule has 0 radical (unpaired) electrons. The van der Waals surface area contributed by atoms with Crippen LogP contribution in [0.25, 0.3) is 0 Å². The fourth-order valence-corrected chi connectivity index (χ4v) is 0.492. The minimum Gasteiger partial charge on any atom is -0.323 e. The van der Waals surface area contributed by atoms with Crippen molar-refractivity contribution < 1.29 is 5.41 Å². The first kappa shape index (κ1) is 8.14. The van der Waals surface area contributed by atoms with Crippen LogP contribution in [0.15, 0.2) is 5.10 Å². The van der Waals surface area contributed by atoms with Crippen molar-refractivity contribution in [3.63, 3.8) is 0 Å². The van der Waals surface area contributed by atoms with E-state index in [1.807, 2.05) is 13.8 Å². The van der Waals surface area contributed by atoms with Gasteiger partial charge in [-0.15, -0.1) is 0 Å². The summed E-state index contributed by atoms with van der Waals surface area (Å²) in [5.74, 6) is 5.33. The van der Waals surface area contributed by atoms with Gasteiger partial charge in [-0.2, -0.15) is 5.10 Å². The Morgan fingerprint density at radius 3 is 2.11 bits per heavy atom. The SMILES string of the molecule is CC(=NN)C(=[NH2+])C(C)C. The summed E-state index contributed by atoms with van der Waals surface area (Å²) in [6, 6.07) is 0. The molecule has 0 bridgehead atoms. The van der Waals surface area contributed by atoms with Crippen molar-refractivity contribution in [3.8, 4) is 0 Å². The van der Waals surface area contributed by atoms with E-state index in [9.17, 15) is 0 Å². The number of hydrogen-bond donors (Lipinski definition) is 2. The molecule has 0 fully saturated rings. The molecule has 0 amide bonds. The third-order valence-electron chi connectivity index (χ3n) is 1.23. The molecular weight excluding hydrogens is 114 g/mol. The molecule has 0 aromatic carbocycles. The van der Waals surface area contributed by atoms with E-state index in [1.165, 1.54) is 0 Å². The monoisotopic (exact) mass is 128 g/mol. The van der Waals surface area contributed by atoms with Crippen molar-refractivity contribution >= 4 is 11.4 Å². The fourth-order valence-electron chi connectivity index (χ4n) is 0.492. The lowest BCUT2D eigenvalue weighted by Gasteiger charge is -1.97. The van der Waals surface area contributed by atoms with Gasteiger partial charge in [0.05, 0.1) is 0 Å². The van der Waals surface area contributed by atoms with Gasteiger partial charge in [0, 0.05) is 5.92 Å². The summed E-state index contributed by atoms with van der Waals surface area (Å²) in [6.45, 7) is 5.81. The number of nitrogens with zero attached hydrogens (tertiary/aromatic N) is 1. The predicted octanol–water partition coefficient (Wildman–Crippen LogP) is -0.823. The zero-order chi connectivity index (χ0) is 7.44. The van der Waals surface area contributed by atoms with Gasteiger partial charge >= 0.3 is 0 Å². The van der Waals surface area contributed by atoms with Crippen LogP contribution in [0.3, 0.4) is 0 Å². The highest BCUT2D eigenvalue weighted by atomic mass is 15.1. The second-order valence-corrected chi connectivity index (χ2v) is 2.32. The van der Waals surface area contributed by atoms with Crippen LogP contribution >= 0.6 is 0 Å².